The first-order chi connectivity index (χ1) is 9.26. The van der Waals surface area contributed by atoms with Gasteiger partial charge in [-0.05, 0) is 47.5 Å². The third-order valence-electron chi connectivity index (χ3n) is 2.77. The molecule has 1 N–H and O–H groups in total. The third-order valence-corrected chi connectivity index (χ3v) is 3.47. The van der Waals surface area contributed by atoms with E-state index in [9.17, 15) is 4.79 Å². The lowest BCUT2D eigenvalue weighted by Crippen LogP contribution is -2.22. The van der Waals surface area contributed by atoms with E-state index in [1.807, 2.05) is 11.4 Å². The van der Waals surface area contributed by atoms with Crippen LogP contribution in [0.3, 0.4) is 0 Å². The van der Waals surface area contributed by atoms with E-state index in [-0.39, 0.29) is 11.8 Å². The highest BCUT2D eigenvalue weighted by molar-refractivity contribution is 7.08. The van der Waals surface area contributed by atoms with Crippen LogP contribution in [0.5, 0.6) is 0 Å². The fourth-order valence-electron chi connectivity index (χ4n) is 1.83. The lowest BCUT2D eigenvalue weighted by Gasteiger charge is -2.14. The summed E-state index contributed by atoms with van der Waals surface area (Å²) in [7, 11) is 1.34. The number of thiophene rings is 1. The maximum Gasteiger partial charge on any atom is 0.373 e. The van der Waals surface area contributed by atoms with Crippen LogP contribution in [-0.4, -0.2) is 19.6 Å². The van der Waals surface area contributed by atoms with E-state index in [1.165, 1.54) is 7.11 Å². The molecule has 102 valence electrons. The van der Waals surface area contributed by atoms with E-state index in [2.05, 4.69) is 28.4 Å². The number of esters is 1. The molecule has 2 aromatic rings. The van der Waals surface area contributed by atoms with E-state index in [0.29, 0.717) is 0 Å². The molecular formula is C14H17NO3S. The molecule has 0 aliphatic rings. The fraction of sp³-hybridized carbons (Fsp3) is 0.357. The lowest BCUT2D eigenvalue weighted by molar-refractivity contribution is 0.0562. The van der Waals surface area contributed by atoms with E-state index in [4.69, 9.17) is 4.42 Å². The molecule has 1 unspecified atom stereocenters. The first-order valence-electron chi connectivity index (χ1n) is 6.19. The van der Waals surface area contributed by atoms with Crippen LogP contribution < -0.4 is 5.32 Å². The van der Waals surface area contributed by atoms with Crippen LogP contribution in [0.4, 0.5) is 0 Å². The van der Waals surface area contributed by atoms with Gasteiger partial charge >= 0.3 is 5.97 Å². The van der Waals surface area contributed by atoms with Crippen molar-refractivity contribution in [2.75, 3.05) is 13.7 Å². The first-order valence-corrected chi connectivity index (χ1v) is 7.14. The predicted molar refractivity (Wildman–Crippen MR) is 74.5 cm³/mol. The molecule has 0 fully saturated rings. The van der Waals surface area contributed by atoms with E-state index in [1.54, 1.807) is 17.4 Å². The van der Waals surface area contributed by atoms with Gasteiger partial charge in [0, 0.05) is 0 Å². The van der Waals surface area contributed by atoms with Crippen molar-refractivity contribution in [2.45, 2.75) is 19.4 Å². The molecule has 2 rings (SSSR count). The van der Waals surface area contributed by atoms with Crippen molar-refractivity contribution >= 4 is 17.3 Å². The quantitative estimate of drug-likeness (QED) is 0.825. The minimum atomic E-state index is -0.453. The molecule has 0 bridgehead atoms. The van der Waals surface area contributed by atoms with Crippen molar-refractivity contribution in [3.05, 3.63) is 46.0 Å². The molecule has 0 aromatic carbocycles. The van der Waals surface area contributed by atoms with E-state index < -0.39 is 5.97 Å². The number of hydrogen-bond acceptors (Lipinski definition) is 5. The van der Waals surface area contributed by atoms with Gasteiger partial charge in [0.25, 0.3) is 0 Å². The van der Waals surface area contributed by atoms with E-state index in [0.717, 1.165) is 24.3 Å². The molecule has 0 amide bonds. The largest absolute Gasteiger partial charge is 0.463 e. The molecule has 0 spiro atoms. The minimum absolute atomic E-state index is 0.0235. The summed E-state index contributed by atoms with van der Waals surface area (Å²) in [4.78, 5) is 11.4. The number of nitrogens with one attached hydrogen (secondary N) is 1. The Kier molecular flexibility index (Phi) is 4.76. The average molecular weight is 279 g/mol. The second kappa shape index (κ2) is 6.54. The van der Waals surface area contributed by atoms with Gasteiger partial charge in [0.1, 0.15) is 5.76 Å². The van der Waals surface area contributed by atoms with Crippen LogP contribution >= 0.6 is 11.3 Å². The third kappa shape index (κ3) is 3.24. The topological polar surface area (TPSA) is 51.5 Å². The molecule has 19 heavy (non-hydrogen) atoms. The number of hydrogen-bond donors (Lipinski definition) is 1. The summed E-state index contributed by atoms with van der Waals surface area (Å²) in [6.45, 7) is 2.99. The first kappa shape index (κ1) is 13.8. The molecule has 5 heteroatoms. The van der Waals surface area contributed by atoms with Crippen LogP contribution in [0.1, 0.15) is 41.3 Å². The van der Waals surface area contributed by atoms with Gasteiger partial charge in [-0.1, -0.05) is 6.92 Å². The normalized spacial score (nSPS) is 12.3. The summed E-state index contributed by atoms with van der Waals surface area (Å²) in [5.74, 6) is 0.508. The Balaban J connectivity index is 2.23. The fourth-order valence-corrected chi connectivity index (χ4v) is 2.51. The molecular weight excluding hydrogens is 262 g/mol. The predicted octanol–water partition coefficient (Wildman–Crippen LogP) is 3.22. The van der Waals surface area contributed by atoms with Gasteiger partial charge in [-0.2, -0.15) is 11.3 Å². The number of ether oxygens (including phenoxy) is 1. The van der Waals surface area contributed by atoms with Crippen molar-refractivity contribution in [2.24, 2.45) is 0 Å². The maximum atomic E-state index is 11.4. The molecule has 2 heterocycles. The monoisotopic (exact) mass is 279 g/mol. The van der Waals surface area contributed by atoms with E-state index >= 15 is 0 Å². The molecule has 1 atom stereocenters. The summed E-state index contributed by atoms with van der Waals surface area (Å²) < 4.78 is 10.2. The highest BCUT2D eigenvalue weighted by Gasteiger charge is 2.20. The average Bonchev–Trinajstić information content (AvgIpc) is 3.09. The van der Waals surface area contributed by atoms with Gasteiger partial charge in [-0.3, -0.25) is 0 Å². The second-order valence-corrected chi connectivity index (χ2v) is 4.92. The molecule has 2 aromatic heterocycles. The molecule has 0 saturated heterocycles. The van der Waals surface area contributed by atoms with Crippen molar-refractivity contribution in [3.63, 3.8) is 0 Å². The Morgan fingerprint density at radius 1 is 1.47 bits per heavy atom. The van der Waals surface area contributed by atoms with Gasteiger partial charge in [0.05, 0.1) is 13.2 Å². The van der Waals surface area contributed by atoms with Crippen molar-refractivity contribution in [1.82, 2.24) is 5.32 Å². The van der Waals surface area contributed by atoms with Gasteiger partial charge < -0.3 is 14.5 Å². The van der Waals surface area contributed by atoms with Crippen molar-refractivity contribution in [3.8, 4) is 0 Å². The number of carbonyl (C=O) groups excluding carboxylic acids is 1. The standard InChI is InChI=1S/C14H17NO3S/c1-3-7-15-13(10-6-8-19-9-10)11-4-5-12(18-11)14(16)17-2/h4-6,8-9,13,15H,3,7H2,1-2H3. The van der Waals surface area contributed by atoms with Gasteiger partial charge in [0.2, 0.25) is 5.76 Å². The zero-order valence-corrected chi connectivity index (χ0v) is 11.8. The molecule has 0 radical (unpaired) electrons. The SMILES string of the molecule is CCCNC(c1ccsc1)c1ccc(C(=O)OC)o1. The van der Waals surface area contributed by atoms with Crippen LogP contribution in [0.2, 0.25) is 0 Å². The van der Waals surface area contributed by atoms with Crippen LogP contribution in [0, 0.1) is 0 Å². The number of carbonyl (C=O) groups is 1. The summed E-state index contributed by atoms with van der Waals surface area (Å²) in [6.07, 6.45) is 1.03. The minimum Gasteiger partial charge on any atom is -0.463 e. The zero-order chi connectivity index (χ0) is 13.7. The Hall–Kier alpha value is -1.59. The number of rotatable bonds is 6. The van der Waals surface area contributed by atoms with Gasteiger partial charge in [-0.15, -0.1) is 0 Å². The van der Waals surface area contributed by atoms with Crippen molar-refractivity contribution in [1.29, 1.82) is 0 Å². The Morgan fingerprint density at radius 3 is 2.95 bits per heavy atom. The Bertz CT molecular complexity index is 519. The summed E-state index contributed by atoms with van der Waals surface area (Å²) in [6, 6.07) is 5.49. The molecule has 0 saturated carbocycles. The van der Waals surface area contributed by atoms with Crippen LogP contribution in [0.15, 0.2) is 33.4 Å². The highest BCUT2D eigenvalue weighted by Crippen LogP contribution is 2.26. The number of methoxy groups -OCH3 is 1. The zero-order valence-electron chi connectivity index (χ0n) is 11.0. The second-order valence-electron chi connectivity index (χ2n) is 4.14. The van der Waals surface area contributed by atoms with Gasteiger partial charge in [0.15, 0.2) is 0 Å². The smallest absolute Gasteiger partial charge is 0.373 e. The maximum absolute atomic E-state index is 11.4. The summed E-state index contributed by atoms with van der Waals surface area (Å²) >= 11 is 1.64. The molecule has 4 nitrogen and oxygen atoms in total. The van der Waals surface area contributed by atoms with Crippen LogP contribution in [0.25, 0.3) is 0 Å². The Labute approximate surface area is 116 Å². The van der Waals surface area contributed by atoms with Crippen molar-refractivity contribution < 1.29 is 13.9 Å². The summed E-state index contributed by atoms with van der Waals surface area (Å²) in [5.41, 5.74) is 1.14. The Morgan fingerprint density at radius 2 is 2.32 bits per heavy atom. The van der Waals surface area contributed by atoms with Gasteiger partial charge in [-0.25, -0.2) is 4.79 Å². The summed E-state index contributed by atoms with van der Waals surface area (Å²) in [5, 5.41) is 7.52. The molecule has 0 aliphatic carbocycles. The highest BCUT2D eigenvalue weighted by atomic mass is 32.1. The lowest BCUT2D eigenvalue weighted by atomic mass is 10.1. The number of furan rings is 1. The van der Waals surface area contributed by atoms with Crippen LogP contribution in [-0.2, 0) is 4.74 Å². The molecule has 0 aliphatic heterocycles.